The first kappa shape index (κ1) is 25.0. The van der Waals surface area contributed by atoms with Gasteiger partial charge in [0.2, 0.25) is 0 Å². The van der Waals surface area contributed by atoms with E-state index in [2.05, 4.69) is 0 Å². The maximum atomic E-state index is 12.1. The third kappa shape index (κ3) is 6.37. The van der Waals surface area contributed by atoms with E-state index >= 15 is 0 Å². The Morgan fingerprint density at radius 1 is 0.848 bits per heavy atom. The van der Waals surface area contributed by atoms with Gasteiger partial charge in [-0.2, -0.15) is 0 Å². The quantitative estimate of drug-likeness (QED) is 0.241. The molecule has 33 heavy (non-hydrogen) atoms. The summed E-state index contributed by atoms with van der Waals surface area (Å²) in [5.41, 5.74) is 4.98. The minimum atomic E-state index is -1.39. The molecule has 1 unspecified atom stereocenters. The number of phenols is 4. The topological polar surface area (TPSA) is 171 Å². The summed E-state index contributed by atoms with van der Waals surface area (Å²) in [4.78, 5) is 22.9. The summed E-state index contributed by atoms with van der Waals surface area (Å²) in [6.45, 7) is 1.39. The molecule has 0 radical (unpaired) electrons. The van der Waals surface area contributed by atoms with Crippen molar-refractivity contribution in [2.75, 3.05) is 7.11 Å². The second-order valence-corrected chi connectivity index (χ2v) is 7.45. The number of aromatic hydroxyl groups is 4. The number of hydrogen-bond acceptors (Lipinski definition) is 8. The molecular weight excluding hydrogens is 430 g/mol. The third-order valence-electron chi connectivity index (χ3n) is 4.70. The monoisotopic (exact) mass is 455 g/mol. The van der Waals surface area contributed by atoms with Crippen LogP contribution in [0.5, 0.6) is 28.7 Å². The molecule has 0 aliphatic heterocycles. The molecule has 0 amide bonds. The van der Waals surface area contributed by atoms with Crippen molar-refractivity contribution in [3.8, 4) is 28.7 Å². The number of carbonyl (C=O) groups is 2. The Hall–Kier alpha value is -4.24. The number of carboxylic acid groups (broad SMARTS) is 1. The number of carbonyl (C=O) groups excluding carboxylic acids is 1. The fourth-order valence-corrected chi connectivity index (χ4v) is 2.82. The SMILES string of the molecule is CC(N)(Cc1ccc(O)c(O)c1)C(=O)O.COc1ccc(C(=O)c2ccccc2O)c(O)c1. The number of ketones is 1. The number of hydrogen-bond donors (Lipinski definition) is 6. The first-order chi connectivity index (χ1) is 15.5. The zero-order valence-corrected chi connectivity index (χ0v) is 18.0. The zero-order chi connectivity index (χ0) is 24.8. The van der Waals surface area contributed by atoms with Crippen LogP contribution in [-0.2, 0) is 11.2 Å². The van der Waals surface area contributed by atoms with E-state index in [0.29, 0.717) is 11.3 Å². The molecule has 9 heteroatoms. The van der Waals surface area contributed by atoms with Gasteiger partial charge in [0.25, 0.3) is 0 Å². The molecule has 0 spiro atoms. The molecule has 0 saturated carbocycles. The molecule has 9 nitrogen and oxygen atoms in total. The van der Waals surface area contributed by atoms with Crippen molar-refractivity contribution in [3.63, 3.8) is 0 Å². The van der Waals surface area contributed by atoms with Gasteiger partial charge in [0, 0.05) is 12.5 Å². The Kier molecular flexibility index (Phi) is 7.87. The zero-order valence-electron chi connectivity index (χ0n) is 18.0. The highest BCUT2D eigenvalue weighted by Crippen LogP contribution is 2.28. The van der Waals surface area contributed by atoms with Gasteiger partial charge < -0.3 is 36.0 Å². The van der Waals surface area contributed by atoms with Crippen LogP contribution in [0, 0.1) is 0 Å². The van der Waals surface area contributed by atoms with Crippen molar-refractivity contribution in [1.29, 1.82) is 0 Å². The standard InChI is InChI=1S/C14H12O4.C10H13NO4/c1-18-9-6-7-11(13(16)8-9)14(17)10-4-2-3-5-12(10)15;1-10(11,9(14)15)5-6-2-3-7(12)8(13)4-6/h2-8,15-16H,1H3;2-4,12-13H,5,11H2,1H3,(H,14,15). The van der Waals surface area contributed by atoms with Gasteiger partial charge in [-0.15, -0.1) is 0 Å². The van der Waals surface area contributed by atoms with Gasteiger partial charge in [0.05, 0.1) is 18.2 Å². The molecule has 0 aliphatic carbocycles. The number of rotatable bonds is 6. The molecule has 0 heterocycles. The molecule has 0 saturated heterocycles. The van der Waals surface area contributed by atoms with E-state index < -0.39 is 17.3 Å². The second-order valence-electron chi connectivity index (χ2n) is 7.45. The van der Waals surface area contributed by atoms with Crippen LogP contribution < -0.4 is 10.5 Å². The van der Waals surface area contributed by atoms with Crippen LogP contribution in [0.4, 0.5) is 0 Å². The van der Waals surface area contributed by atoms with Gasteiger partial charge in [0.15, 0.2) is 17.3 Å². The van der Waals surface area contributed by atoms with E-state index in [1.54, 1.807) is 18.2 Å². The summed E-state index contributed by atoms with van der Waals surface area (Å²) < 4.78 is 4.94. The third-order valence-corrected chi connectivity index (χ3v) is 4.70. The lowest BCUT2D eigenvalue weighted by Crippen LogP contribution is -2.46. The summed E-state index contributed by atoms with van der Waals surface area (Å²) in [5.74, 6) is -1.91. The molecule has 174 valence electrons. The number of nitrogens with two attached hydrogens (primary N) is 1. The van der Waals surface area contributed by atoms with E-state index in [1.165, 1.54) is 56.5 Å². The Morgan fingerprint density at radius 3 is 2.03 bits per heavy atom. The maximum Gasteiger partial charge on any atom is 0.323 e. The van der Waals surface area contributed by atoms with Crippen molar-refractivity contribution in [2.24, 2.45) is 5.73 Å². The van der Waals surface area contributed by atoms with Crippen molar-refractivity contribution in [1.82, 2.24) is 0 Å². The Bertz CT molecular complexity index is 1160. The van der Waals surface area contributed by atoms with Crippen LogP contribution in [0.2, 0.25) is 0 Å². The number of phenolic OH excluding ortho intramolecular Hbond substituents is 4. The van der Waals surface area contributed by atoms with Crippen LogP contribution in [0.3, 0.4) is 0 Å². The molecule has 3 aromatic rings. The number of ether oxygens (including phenoxy) is 1. The number of aliphatic carboxylic acids is 1. The average Bonchev–Trinajstić information content (AvgIpc) is 2.76. The normalized spacial score (nSPS) is 12.1. The lowest BCUT2D eigenvalue weighted by atomic mass is 9.94. The number of benzene rings is 3. The van der Waals surface area contributed by atoms with Gasteiger partial charge in [-0.25, -0.2) is 0 Å². The molecule has 3 rings (SSSR count). The minimum Gasteiger partial charge on any atom is -0.507 e. The van der Waals surface area contributed by atoms with Gasteiger partial charge in [-0.1, -0.05) is 18.2 Å². The average molecular weight is 455 g/mol. The van der Waals surface area contributed by atoms with E-state index in [4.69, 9.17) is 20.7 Å². The van der Waals surface area contributed by atoms with E-state index in [9.17, 15) is 24.9 Å². The lowest BCUT2D eigenvalue weighted by molar-refractivity contribution is -0.142. The fraction of sp³-hybridized carbons (Fsp3) is 0.167. The molecule has 0 fully saturated rings. The first-order valence-corrected chi connectivity index (χ1v) is 9.69. The summed E-state index contributed by atoms with van der Waals surface area (Å²) >= 11 is 0. The number of carboxylic acids is 1. The summed E-state index contributed by atoms with van der Waals surface area (Å²) in [7, 11) is 1.47. The van der Waals surface area contributed by atoms with Crippen LogP contribution >= 0.6 is 0 Å². The number of para-hydroxylation sites is 1. The van der Waals surface area contributed by atoms with Crippen LogP contribution in [0.15, 0.2) is 60.7 Å². The Balaban J connectivity index is 0.000000238. The van der Waals surface area contributed by atoms with E-state index in [1.807, 2.05) is 0 Å². The molecule has 0 aromatic heterocycles. The highest BCUT2D eigenvalue weighted by atomic mass is 16.5. The molecule has 3 aromatic carbocycles. The maximum absolute atomic E-state index is 12.1. The molecule has 0 bridgehead atoms. The van der Waals surface area contributed by atoms with Crippen molar-refractivity contribution >= 4 is 11.8 Å². The highest BCUT2D eigenvalue weighted by Gasteiger charge is 2.28. The van der Waals surface area contributed by atoms with Crippen molar-refractivity contribution in [3.05, 3.63) is 77.4 Å². The predicted molar refractivity (Wildman–Crippen MR) is 120 cm³/mol. The first-order valence-electron chi connectivity index (χ1n) is 9.69. The summed E-state index contributed by atoms with van der Waals surface area (Å²) in [6, 6.07) is 14.7. The lowest BCUT2D eigenvalue weighted by Gasteiger charge is -2.19. The van der Waals surface area contributed by atoms with Gasteiger partial charge >= 0.3 is 5.97 Å². The van der Waals surface area contributed by atoms with E-state index in [-0.39, 0.29) is 40.5 Å². The molecule has 7 N–H and O–H groups in total. The van der Waals surface area contributed by atoms with Gasteiger partial charge in [0.1, 0.15) is 22.8 Å². The smallest absolute Gasteiger partial charge is 0.323 e. The summed E-state index contributed by atoms with van der Waals surface area (Å²) in [5, 5.41) is 46.4. The molecule has 1 atom stereocenters. The van der Waals surface area contributed by atoms with E-state index in [0.717, 1.165) is 0 Å². The minimum absolute atomic E-state index is 0.0795. The molecule has 0 aliphatic rings. The fourth-order valence-electron chi connectivity index (χ4n) is 2.82. The highest BCUT2D eigenvalue weighted by molar-refractivity contribution is 6.12. The van der Waals surface area contributed by atoms with Crippen LogP contribution in [0.25, 0.3) is 0 Å². The number of methoxy groups -OCH3 is 1. The largest absolute Gasteiger partial charge is 0.507 e. The second kappa shape index (κ2) is 10.4. The van der Waals surface area contributed by atoms with Crippen molar-refractivity contribution in [2.45, 2.75) is 18.9 Å². The van der Waals surface area contributed by atoms with Gasteiger partial charge in [-0.05, 0) is 48.9 Å². The summed E-state index contributed by atoms with van der Waals surface area (Å²) in [6.07, 6.45) is 0.0795. The Labute approximate surface area is 189 Å². The predicted octanol–water partition coefficient (Wildman–Crippen LogP) is 2.78. The van der Waals surface area contributed by atoms with Gasteiger partial charge in [-0.3, -0.25) is 9.59 Å². The molecular formula is C24H25NO8. The Morgan fingerprint density at radius 2 is 1.48 bits per heavy atom. The van der Waals surface area contributed by atoms with Crippen LogP contribution in [0.1, 0.15) is 28.4 Å². The van der Waals surface area contributed by atoms with Crippen LogP contribution in [-0.4, -0.2) is 49.9 Å². The van der Waals surface area contributed by atoms with Crippen molar-refractivity contribution < 1.29 is 39.9 Å².